The number of nitrogens with zero attached hydrogens (tertiary/aromatic N) is 3. The van der Waals surface area contributed by atoms with E-state index in [4.69, 9.17) is 14.6 Å². The van der Waals surface area contributed by atoms with E-state index in [0.29, 0.717) is 53.0 Å². The molecular weight excluding hydrogens is 526 g/mol. The van der Waals surface area contributed by atoms with Crippen LogP contribution in [0.15, 0.2) is 134 Å². The number of rotatable bonds is 10. The first-order valence-corrected chi connectivity index (χ1v) is 13.5. The van der Waals surface area contributed by atoms with E-state index in [-0.39, 0.29) is 5.56 Å². The summed E-state index contributed by atoms with van der Waals surface area (Å²) in [4.78, 5) is 17.5. The second-order valence-electron chi connectivity index (χ2n) is 9.56. The molecule has 1 N–H and O–H groups in total. The summed E-state index contributed by atoms with van der Waals surface area (Å²) in [6, 6.07) is 40.0. The molecule has 6 rings (SSSR count). The highest BCUT2D eigenvalue weighted by atomic mass is 16.5. The first kappa shape index (κ1) is 26.5. The maximum Gasteiger partial charge on any atom is 0.340 e. The Labute approximate surface area is 243 Å². The molecule has 7 heteroatoms. The molecule has 0 bridgehead atoms. The van der Waals surface area contributed by atoms with E-state index in [1.807, 2.05) is 121 Å². The standard InChI is InChI=1S/C35H27N3O4/c39-35(40)32-33(27-17-9-3-10-18-27)37-38(28-19-11-4-12-20-28)34(32)29-21-30(41-23-25-13-5-1-6-14-25)31(22-36-29)42-24-26-15-7-2-8-16-26/h1-22H,23-24H2,(H,39,40). The highest BCUT2D eigenvalue weighted by Crippen LogP contribution is 2.37. The summed E-state index contributed by atoms with van der Waals surface area (Å²) in [5.41, 5.74) is 4.50. The van der Waals surface area contributed by atoms with Crippen molar-refractivity contribution in [1.82, 2.24) is 14.8 Å². The number of aromatic carboxylic acids is 1. The lowest BCUT2D eigenvalue weighted by Gasteiger charge is -2.15. The molecule has 6 aromatic rings. The molecule has 0 fully saturated rings. The summed E-state index contributed by atoms with van der Waals surface area (Å²) in [7, 11) is 0. The molecule has 0 aliphatic heterocycles. The van der Waals surface area contributed by atoms with E-state index in [9.17, 15) is 9.90 Å². The van der Waals surface area contributed by atoms with Gasteiger partial charge in [0.25, 0.3) is 0 Å². The summed E-state index contributed by atoms with van der Waals surface area (Å²) in [6.45, 7) is 0.620. The average molecular weight is 554 g/mol. The molecule has 0 saturated heterocycles. The number of hydrogen-bond donors (Lipinski definition) is 1. The number of pyridine rings is 1. The van der Waals surface area contributed by atoms with Crippen molar-refractivity contribution < 1.29 is 19.4 Å². The molecule has 0 unspecified atom stereocenters. The third-order valence-electron chi connectivity index (χ3n) is 6.70. The van der Waals surface area contributed by atoms with Crippen molar-refractivity contribution >= 4 is 5.97 Å². The van der Waals surface area contributed by atoms with E-state index in [1.165, 1.54) is 0 Å². The molecule has 0 spiro atoms. The van der Waals surface area contributed by atoms with Gasteiger partial charge in [0.2, 0.25) is 0 Å². The largest absolute Gasteiger partial charge is 0.485 e. The quantitative estimate of drug-likeness (QED) is 0.190. The predicted molar refractivity (Wildman–Crippen MR) is 161 cm³/mol. The number of aromatic nitrogens is 3. The van der Waals surface area contributed by atoms with Crippen LogP contribution >= 0.6 is 0 Å². The molecular formula is C35H27N3O4. The number of benzene rings is 4. The van der Waals surface area contributed by atoms with Gasteiger partial charge in [-0.15, -0.1) is 0 Å². The van der Waals surface area contributed by atoms with E-state index >= 15 is 0 Å². The van der Waals surface area contributed by atoms with Crippen LogP contribution in [0.2, 0.25) is 0 Å². The lowest BCUT2D eigenvalue weighted by atomic mass is 10.0. The second-order valence-corrected chi connectivity index (χ2v) is 9.56. The van der Waals surface area contributed by atoms with Gasteiger partial charge in [-0.3, -0.25) is 4.98 Å². The maximum atomic E-state index is 12.8. The lowest BCUT2D eigenvalue weighted by Crippen LogP contribution is -2.06. The average Bonchev–Trinajstić information content (AvgIpc) is 3.46. The second kappa shape index (κ2) is 12.2. The Morgan fingerprint density at radius 2 is 1.21 bits per heavy atom. The molecule has 2 aromatic heterocycles. The van der Waals surface area contributed by atoms with Gasteiger partial charge in [0, 0.05) is 11.6 Å². The topological polar surface area (TPSA) is 86.5 Å². The lowest BCUT2D eigenvalue weighted by molar-refractivity contribution is 0.0698. The Morgan fingerprint density at radius 1 is 0.690 bits per heavy atom. The third-order valence-corrected chi connectivity index (χ3v) is 6.70. The van der Waals surface area contributed by atoms with Crippen molar-refractivity contribution in [2.24, 2.45) is 0 Å². The van der Waals surface area contributed by atoms with Crippen molar-refractivity contribution in [3.8, 4) is 39.8 Å². The number of ether oxygens (including phenoxy) is 2. The van der Waals surface area contributed by atoms with Gasteiger partial charge in [-0.05, 0) is 23.3 Å². The van der Waals surface area contributed by atoms with E-state index in [1.54, 1.807) is 16.9 Å². The summed E-state index contributed by atoms with van der Waals surface area (Å²) in [5.74, 6) is -0.216. The van der Waals surface area contributed by atoms with Gasteiger partial charge in [-0.1, -0.05) is 109 Å². The molecule has 0 saturated carbocycles. The molecule has 42 heavy (non-hydrogen) atoms. The molecule has 206 valence electrons. The fourth-order valence-corrected chi connectivity index (χ4v) is 4.66. The zero-order valence-corrected chi connectivity index (χ0v) is 22.6. The minimum absolute atomic E-state index is 0.0458. The Morgan fingerprint density at radius 3 is 1.79 bits per heavy atom. The Bertz CT molecular complexity index is 1790. The Kier molecular flexibility index (Phi) is 7.72. The Hall–Kier alpha value is -5.69. The number of carbonyl (C=O) groups is 1. The number of hydrogen-bond acceptors (Lipinski definition) is 5. The van der Waals surface area contributed by atoms with Crippen LogP contribution in [-0.2, 0) is 13.2 Å². The van der Waals surface area contributed by atoms with Crippen molar-refractivity contribution in [2.45, 2.75) is 13.2 Å². The van der Waals surface area contributed by atoms with E-state index in [0.717, 1.165) is 11.1 Å². The first-order chi connectivity index (χ1) is 20.7. The monoisotopic (exact) mass is 553 g/mol. The van der Waals surface area contributed by atoms with Crippen LogP contribution in [0.4, 0.5) is 0 Å². The number of carboxylic acid groups (broad SMARTS) is 1. The third kappa shape index (κ3) is 5.76. The van der Waals surface area contributed by atoms with Crippen molar-refractivity contribution in [3.05, 3.63) is 150 Å². The van der Waals surface area contributed by atoms with Crippen molar-refractivity contribution in [1.29, 1.82) is 0 Å². The van der Waals surface area contributed by atoms with E-state index in [2.05, 4.69) is 4.98 Å². The fourth-order valence-electron chi connectivity index (χ4n) is 4.66. The summed E-state index contributed by atoms with van der Waals surface area (Å²) in [5, 5.41) is 15.3. The van der Waals surface area contributed by atoms with Crippen LogP contribution in [-0.4, -0.2) is 25.8 Å². The van der Waals surface area contributed by atoms with Gasteiger partial charge in [0.05, 0.1) is 17.6 Å². The highest BCUT2D eigenvalue weighted by Gasteiger charge is 2.28. The van der Waals surface area contributed by atoms with Gasteiger partial charge >= 0.3 is 5.97 Å². The number of para-hydroxylation sites is 1. The van der Waals surface area contributed by atoms with Gasteiger partial charge in [0.1, 0.15) is 30.2 Å². The zero-order chi connectivity index (χ0) is 28.7. The molecule has 2 heterocycles. The molecule has 0 radical (unpaired) electrons. The molecule has 0 atom stereocenters. The van der Waals surface area contributed by atoms with Crippen LogP contribution in [0, 0.1) is 0 Å². The summed E-state index contributed by atoms with van der Waals surface area (Å²) < 4.78 is 14.0. The normalized spacial score (nSPS) is 10.8. The maximum absolute atomic E-state index is 12.8. The zero-order valence-electron chi connectivity index (χ0n) is 22.6. The SMILES string of the molecule is O=C(O)c1c(-c2ccccc2)nn(-c2ccccc2)c1-c1cc(OCc2ccccc2)c(OCc2ccccc2)cn1. The van der Waals surface area contributed by atoms with Crippen molar-refractivity contribution in [2.75, 3.05) is 0 Å². The summed E-state index contributed by atoms with van der Waals surface area (Å²) >= 11 is 0. The van der Waals surface area contributed by atoms with Gasteiger partial charge < -0.3 is 14.6 Å². The fraction of sp³-hybridized carbons (Fsp3) is 0.0571. The first-order valence-electron chi connectivity index (χ1n) is 13.5. The minimum Gasteiger partial charge on any atom is -0.485 e. The van der Waals surface area contributed by atoms with Crippen LogP contribution in [0.3, 0.4) is 0 Å². The molecule has 0 amide bonds. The predicted octanol–water partition coefficient (Wildman–Crippen LogP) is 7.46. The van der Waals surface area contributed by atoms with Crippen LogP contribution in [0.25, 0.3) is 28.3 Å². The molecule has 0 aliphatic rings. The van der Waals surface area contributed by atoms with Crippen LogP contribution in [0.5, 0.6) is 11.5 Å². The van der Waals surface area contributed by atoms with Gasteiger partial charge in [-0.25, -0.2) is 9.48 Å². The smallest absolute Gasteiger partial charge is 0.340 e. The number of carboxylic acids is 1. The van der Waals surface area contributed by atoms with Crippen LogP contribution < -0.4 is 9.47 Å². The molecule has 4 aromatic carbocycles. The van der Waals surface area contributed by atoms with Gasteiger partial charge in [0.15, 0.2) is 11.5 Å². The highest BCUT2D eigenvalue weighted by molar-refractivity contribution is 6.01. The van der Waals surface area contributed by atoms with Crippen LogP contribution in [0.1, 0.15) is 21.5 Å². The molecule has 7 nitrogen and oxygen atoms in total. The van der Waals surface area contributed by atoms with E-state index < -0.39 is 5.97 Å². The summed E-state index contributed by atoms with van der Waals surface area (Å²) in [6.07, 6.45) is 1.58. The molecule has 0 aliphatic carbocycles. The Balaban J connectivity index is 1.48. The minimum atomic E-state index is -1.11. The van der Waals surface area contributed by atoms with Gasteiger partial charge in [-0.2, -0.15) is 5.10 Å². The van der Waals surface area contributed by atoms with Crippen molar-refractivity contribution in [3.63, 3.8) is 0 Å².